The standard InChI is InChI=1S/C15H10BrN3/c1-9-2-4-11(12(16)6-9)15-18-13-5-3-10(8-17)7-14(13)19-15/h2-7H,1H3,(H,18,19). The van der Waals surface area contributed by atoms with Gasteiger partial charge in [0.15, 0.2) is 0 Å². The lowest BCUT2D eigenvalue weighted by Gasteiger charge is -2.01. The third-order valence-electron chi connectivity index (χ3n) is 2.99. The molecule has 1 aromatic heterocycles. The van der Waals surface area contributed by atoms with Crippen molar-refractivity contribution >= 4 is 27.0 Å². The summed E-state index contributed by atoms with van der Waals surface area (Å²) in [6.07, 6.45) is 0. The van der Waals surface area contributed by atoms with Crippen molar-refractivity contribution in [2.45, 2.75) is 6.92 Å². The van der Waals surface area contributed by atoms with Crippen LogP contribution in [0.4, 0.5) is 0 Å². The predicted molar refractivity (Wildman–Crippen MR) is 78.7 cm³/mol. The number of benzene rings is 2. The Balaban J connectivity index is 2.18. The lowest BCUT2D eigenvalue weighted by atomic mass is 10.1. The van der Waals surface area contributed by atoms with Gasteiger partial charge in [-0.2, -0.15) is 5.26 Å². The molecule has 1 heterocycles. The van der Waals surface area contributed by atoms with Crippen LogP contribution >= 0.6 is 15.9 Å². The summed E-state index contributed by atoms with van der Waals surface area (Å²) in [6, 6.07) is 13.7. The van der Waals surface area contributed by atoms with Crippen LogP contribution in [-0.4, -0.2) is 9.97 Å². The summed E-state index contributed by atoms with van der Waals surface area (Å²) in [7, 11) is 0. The van der Waals surface area contributed by atoms with Crippen LogP contribution in [0.25, 0.3) is 22.4 Å². The van der Waals surface area contributed by atoms with Gasteiger partial charge < -0.3 is 4.98 Å². The van der Waals surface area contributed by atoms with Crippen molar-refractivity contribution in [3.05, 3.63) is 52.0 Å². The zero-order chi connectivity index (χ0) is 13.4. The third-order valence-corrected chi connectivity index (χ3v) is 3.65. The molecule has 0 saturated carbocycles. The summed E-state index contributed by atoms with van der Waals surface area (Å²) in [5, 5.41) is 8.90. The van der Waals surface area contributed by atoms with Crippen molar-refractivity contribution in [3.8, 4) is 17.5 Å². The van der Waals surface area contributed by atoms with E-state index in [-0.39, 0.29) is 0 Å². The number of rotatable bonds is 1. The number of imidazole rings is 1. The van der Waals surface area contributed by atoms with Gasteiger partial charge in [0.1, 0.15) is 5.82 Å². The minimum Gasteiger partial charge on any atom is -0.338 e. The van der Waals surface area contributed by atoms with Gasteiger partial charge in [-0.05, 0) is 42.8 Å². The number of fused-ring (bicyclic) bond motifs is 1. The molecule has 19 heavy (non-hydrogen) atoms. The largest absolute Gasteiger partial charge is 0.338 e. The predicted octanol–water partition coefficient (Wildman–Crippen LogP) is 4.17. The number of aromatic amines is 1. The second-order valence-electron chi connectivity index (χ2n) is 4.41. The topological polar surface area (TPSA) is 52.5 Å². The summed E-state index contributed by atoms with van der Waals surface area (Å²) in [5.74, 6) is 0.803. The lowest BCUT2D eigenvalue weighted by Crippen LogP contribution is -1.83. The van der Waals surface area contributed by atoms with Gasteiger partial charge in [0, 0.05) is 10.0 Å². The highest BCUT2D eigenvalue weighted by Crippen LogP contribution is 2.28. The molecule has 1 N–H and O–H groups in total. The van der Waals surface area contributed by atoms with Crippen molar-refractivity contribution < 1.29 is 0 Å². The zero-order valence-corrected chi connectivity index (χ0v) is 11.8. The summed E-state index contributed by atoms with van der Waals surface area (Å²) in [6.45, 7) is 2.05. The van der Waals surface area contributed by atoms with Gasteiger partial charge in [-0.1, -0.05) is 22.0 Å². The van der Waals surface area contributed by atoms with Crippen LogP contribution in [0.5, 0.6) is 0 Å². The Morgan fingerprint density at radius 1 is 1.21 bits per heavy atom. The van der Waals surface area contributed by atoms with E-state index in [2.05, 4.69) is 38.0 Å². The van der Waals surface area contributed by atoms with Crippen molar-refractivity contribution in [2.24, 2.45) is 0 Å². The second kappa shape index (κ2) is 4.52. The lowest BCUT2D eigenvalue weighted by molar-refractivity contribution is 1.32. The Labute approximate surface area is 119 Å². The van der Waals surface area contributed by atoms with Gasteiger partial charge in [0.05, 0.1) is 22.7 Å². The monoisotopic (exact) mass is 311 g/mol. The maximum atomic E-state index is 8.90. The Morgan fingerprint density at radius 2 is 2.05 bits per heavy atom. The molecular formula is C15H10BrN3. The highest BCUT2D eigenvalue weighted by atomic mass is 79.9. The van der Waals surface area contributed by atoms with E-state index in [1.807, 2.05) is 31.2 Å². The van der Waals surface area contributed by atoms with Crippen LogP contribution < -0.4 is 0 Å². The normalized spacial score (nSPS) is 10.6. The van der Waals surface area contributed by atoms with Crippen molar-refractivity contribution in [2.75, 3.05) is 0 Å². The highest BCUT2D eigenvalue weighted by molar-refractivity contribution is 9.10. The molecule has 0 spiro atoms. The van der Waals surface area contributed by atoms with Crippen molar-refractivity contribution in [1.29, 1.82) is 5.26 Å². The van der Waals surface area contributed by atoms with E-state index in [1.54, 1.807) is 6.07 Å². The van der Waals surface area contributed by atoms with E-state index >= 15 is 0 Å². The Morgan fingerprint density at radius 3 is 2.79 bits per heavy atom. The quantitative estimate of drug-likeness (QED) is 0.733. The maximum Gasteiger partial charge on any atom is 0.139 e. The van der Waals surface area contributed by atoms with Crippen LogP contribution in [-0.2, 0) is 0 Å². The number of aryl methyl sites for hydroxylation is 1. The highest BCUT2D eigenvalue weighted by Gasteiger charge is 2.09. The Hall–Kier alpha value is -2.12. The smallest absolute Gasteiger partial charge is 0.139 e. The first-order valence-electron chi connectivity index (χ1n) is 5.84. The maximum absolute atomic E-state index is 8.90. The SMILES string of the molecule is Cc1ccc(-c2nc3ccc(C#N)cc3[nH]2)c(Br)c1. The molecule has 2 aromatic carbocycles. The third kappa shape index (κ3) is 2.13. The summed E-state index contributed by atoms with van der Waals surface area (Å²) in [4.78, 5) is 7.81. The molecule has 0 fully saturated rings. The van der Waals surface area contributed by atoms with Crippen LogP contribution in [0, 0.1) is 18.3 Å². The average molecular weight is 312 g/mol. The number of nitriles is 1. The van der Waals surface area contributed by atoms with Gasteiger partial charge in [0.2, 0.25) is 0 Å². The van der Waals surface area contributed by atoms with Gasteiger partial charge in [-0.25, -0.2) is 4.98 Å². The number of nitrogens with zero attached hydrogens (tertiary/aromatic N) is 2. The molecule has 3 aromatic rings. The van der Waals surface area contributed by atoms with Crippen molar-refractivity contribution in [3.63, 3.8) is 0 Å². The minimum absolute atomic E-state index is 0.630. The van der Waals surface area contributed by atoms with Crippen LogP contribution in [0.3, 0.4) is 0 Å². The van der Waals surface area contributed by atoms with Gasteiger partial charge >= 0.3 is 0 Å². The van der Waals surface area contributed by atoms with Crippen molar-refractivity contribution in [1.82, 2.24) is 9.97 Å². The molecular weight excluding hydrogens is 302 g/mol. The van der Waals surface area contributed by atoms with Crippen LogP contribution in [0.1, 0.15) is 11.1 Å². The van der Waals surface area contributed by atoms with E-state index in [1.165, 1.54) is 5.56 Å². The van der Waals surface area contributed by atoms with E-state index in [0.717, 1.165) is 26.9 Å². The summed E-state index contributed by atoms with van der Waals surface area (Å²) < 4.78 is 1.01. The fourth-order valence-corrected chi connectivity index (χ4v) is 2.70. The molecule has 0 aliphatic heterocycles. The van der Waals surface area contributed by atoms with E-state index in [9.17, 15) is 0 Å². The summed E-state index contributed by atoms with van der Waals surface area (Å²) in [5.41, 5.74) is 4.58. The molecule has 0 amide bonds. The number of H-pyrrole nitrogens is 1. The second-order valence-corrected chi connectivity index (χ2v) is 5.27. The summed E-state index contributed by atoms with van der Waals surface area (Å²) >= 11 is 3.56. The number of halogens is 1. The first-order valence-corrected chi connectivity index (χ1v) is 6.63. The number of aromatic nitrogens is 2. The molecule has 0 unspecified atom stereocenters. The Bertz CT molecular complexity index is 812. The number of nitrogens with one attached hydrogen (secondary N) is 1. The Kier molecular flexibility index (Phi) is 2.84. The number of hydrogen-bond donors (Lipinski definition) is 1. The average Bonchev–Trinajstić information content (AvgIpc) is 2.80. The fourth-order valence-electron chi connectivity index (χ4n) is 2.02. The molecule has 3 nitrogen and oxygen atoms in total. The van der Waals surface area contributed by atoms with Gasteiger partial charge in [-0.15, -0.1) is 0 Å². The molecule has 4 heteroatoms. The van der Waals surface area contributed by atoms with E-state index in [0.29, 0.717) is 5.56 Å². The van der Waals surface area contributed by atoms with Crippen LogP contribution in [0.2, 0.25) is 0 Å². The van der Waals surface area contributed by atoms with E-state index < -0.39 is 0 Å². The molecule has 0 bridgehead atoms. The van der Waals surface area contributed by atoms with Crippen LogP contribution in [0.15, 0.2) is 40.9 Å². The molecule has 0 atom stereocenters. The number of hydrogen-bond acceptors (Lipinski definition) is 2. The minimum atomic E-state index is 0.630. The van der Waals surface area contributed by atoms with E-state index in [4.69, 9.17) is 5.26 Å². The first kappa shape index (κ1) is 11.9. The molecule has 0 aliphatic rings. The fraction of sp³-hybridized carbons (Fsp3) is 0.0667. The first-order chi connectivity index (χ1) is 9.17. The molecule has 92 valence electrons. The zero-order valence-electron chi connectivity index (χ0n) is 10.2. The molecule has 0 saturated heterocycles. The molecule has 3 rings (SSSR count). The van der Waals surface area contributed by atoms with Gasteiger partial charge in [-0.3, -0.25) is 0 Å². The van der Waals surface area contributed by atoms with Gasteiger partial charge in [0.25, 0.3) is 0 Å². The molecule has 0 radical (unpaired) electrons. The molecule has 0 aliphatic carbocycles.